The molecular weight excluding hydrogens is 246 g/mol. The van der Waals surface area contributed by atoms with Gasteiger partial charge in [0, 0.05) is 6.54 Å². The van der Waals surface area contributed by atoms with Crippen molar-refractivity contribution in [2.45, 2.75) is 26.8 Å². The second-order valence-corrected chi connectivity index (χ2v) is 5.43. The predicted octanol–water partition coefficient (Wildman–Crippen LogP) is 3.36. The fraction of sp³-hybridized carbons (Fsp3) is 0.294. The predicted molar refractivity (Wildman–Crippen MR) is 85.6 cm³/mol. The summed E-state index contributed by atoms with van der Waals surface area (Å²) in [6.07, 6.45) is 1.01. The molecule has 0 amide bonds. The maximum atomic E-state index is 6.35. The molecule has 106 valence electrons. The van der Waals surface area contributed by atoms with Crippen LogP contribution in [0.2, 0.25) is 0 Å². The van der Waals surface area contributed by atoms with Crippen LogP contribution in [0.4, 0.5) is 11.4 Å². The molecule has 3 heteroatoms. The summed E-state index contributed by atoms with van der Waals surface area (Å²) in [7, 11) is 0. The minimum atomic E-state index is 0.482. The van der Waals surface area contributed by atoms with Gasteiger partial charge in [-0.3, -0.25) is 5.01 Å². The van der Waals surface area contributed by atoms with Crippen molar-refractivity contribution in [2.24, 2.45) is 17.5 Å². The molecule has 0 unspecified atom stereocenters. The van der Waals surface area contributed by atoms with E-state index in [1.807, 2.05) is 30.3 Å². The van der Waals surface area contributed by atoms with Gasteiger partial charge in [-0.1, -0.05) is 50.2 Å². The van der Waals surface area contributed by atoms with Crippen LogP contribution in [0.25, 0.3) is 0 Å². The molecule has 2 rings (SSSR count). The molecule has 0 fully saturated rings. The van der Waals surface area contributed by atoms with Crippen LogP contribution < -0.4 is 16.6 Å². The lowest BCUT2D eigenvalue weighted by molar-refractivity contribution is 0.646. The minimum absolute atomic E-state index is 0.482. The number of hydrogen-bond acceptors (Lipinski definition) is 3. The molecule has 0 aromatic heterocycles. The van der Waals surface area contributed by atoms with Gasteiger partial charge in [0.25, 0.3) is 0 Å². The molecule has 0 radical (unpaired) electrons. The summed E-state index contributed by atoms with van der Waals surface area (Å²) in [5.41, 5.74) is 10.1. The molecule has 0 aliphatic rings. The number of nitrogens with zero attached hydrogens (tertiary/aromatic N) is 1. The normalized spacial score (nSPS) is 10.8. The molecule has 0 spiro atoms. The number of nitrogens with two attached hydrogens (primary N) is 2. The summed E-state index contributed by atoms with van der Waals surface area (Å²) in [5.74, 6) is 6.94. The number of anilines is 2. The first-order chi connectivity index (χ1) is 9.63. The van der Waals surface area contributed by atoms with Crippen LogP contribution in [-0.4, -0.2) is 0 Å². The molecule has 0 atom stereocenters. The monoisotopic (exact) mass is 269 g/mol. The van der Waals surface area contributed by atoms with Gasteiger partial charge in [0.15, 0.2) is 0 Å². The van der Waals surface area contributed by atoms with Gasteiger partial charge in [-0.05, 0) is 35.6 Å². The molecular formula is C17H23N3. The van der Waals surface area contributed by atoms with Gasteiger partial charge in [0.2, 0.25) is 0 Å². The standard InChI is InChI=1S/C17H23N3/c1-13(2)11-14-7-3-5-9-16(14)20(19)17-10-6-4-8-15(17)12-18/h3-10,13H,11-12,18-19H2,1-2H3. The number of hydrogen-bond donors (Lipinski definition) is 2. The SMILES string of the molecule is CC(C)Cc1ccccc1N(N)c1ccccc1CN. The number of hydrazine groups is 1. The van der Waals surface area contributed by atoms with Crippen molar-refractivity contribution in [2.75, 3.05) is 5.01 Å². The van der Waals surface area contributed by atoms with E-state index in [-0.39, 0.29) is 0 Å². The third-order valence-corrected chi connectivity index (χ3v) is 3.35. The largest absolute Gasteiger partial charge is 0.326 e. The third-order valence-electron chi connectivity index (χ3n) is 3.35. The van der Waals surface area contributed by atoms with Gasteiger partial charge in [0.05, 0.1) is 11.4 Å². The zero-order valence-electron chi connectivity index (χ0n) is 12.2. The van der Waals surface area contributed by atoms with Crippen molar-refractivity contribution >= 4 is 11.4 Å². The van der Waals surface area contributed by atoms with E-state index in [2.05, 4.69) is 32.0 Å². The Hall–Kier alpha value is -1.84. The Morgan fingerprint density at radius 2 is 1.40 bits per heavy atom. The van der Waals surface area contributed by atoms with E-state index in [0.717, 1.165) is 23.4 Å². The fourth-order valence-electron chi connectivity index (χ4n) is 2.41. The van der Waals surface area contributed by atoms with E-state index >= 15 is 0 Å². The summed E-state index contributed by atoms with van der Waals surface area (Å²) in [5, 5.41) is 1.75. The van der Waals surface area contributed by atoms with E-state index in [0.29, 0.717) is 12.5 Å². The molecule has 3 nitrogen and oxygen atoms in total. The maximum absolute atomic E-state index is 6.35. The second kappa shape index (κ2) is 6.55. The van der Waals surface area contributed by atoms with E-state index in [4.69, 9.17) is 11.6 Å². The first-order valence-electron chi connectivity index (χ1n) is 7.04. The Balaban J connectivity index is 2.40. The summed E-state index contributed by atoms with van der Waals surface area (Å²) < 4.78 is 0. The zero-order chi connectivity index (χ0) is 14.5. The highest BCUT2D eigenvalue weighted by Gasteiger charge is 2.13. The van der Waals surface area contributed by atoms with E-state index in [1.54, 1.807) is 5.01 Å². The molecule has 0 bridgehead atoms. The van der Waals surface area contributed by atoms with Gasteiger partial charge in [-0.15, -0.1) is 0 Å². The van der Waals surface area contributed by atoms with Gasteiger partial charge in [0.1, 0.15) is 0 Å². The van der Waals surface area contributed by atoms with Gasteiger partial charge < -0.3 is 5.73 Å². The van der Waals surface area contributed by atoms with Crippen LogP contribution in [-0.2, 0) is 13.0 Å². The fourth-order valence-corrected chi connectivity index (χ4v) is 2.41. The first kappa shape index (κ1) is 14.6. The summed E-state index contributed by atoms with van der Waals surface area (Å²) in [6, 6.07) is 16.3. The second-order valence-electron chi connectivity index (χ2n) is 5.43. The Morgan fingerprint density at radius 1 is 0.900 bits per heavy atom. The number of rotatable bonds is 5. The first-order valence-corrected chi connectivity index (χ1v) is 7.04. The van der Waals surface area contributed by atoms with Gasteiger partial charge in [-0.2, -0.15) is 0 Å². The van der Waals surface area contributed by atoms with Crippen molar-refractivity contribution in [1.82, 2.24) is 0 Å². The minimum Gasteiger partial charge on any atom is -0.326 e. The topological polar surface area (TPSA) is 55.3 Å². The molecule has 0 saturated carbocycles. The zero-order valence-corrected chi connectivity index (χ0v) is 12.2. The van der Waals surface area contributed by atoms with Crippen LogP contribution in [0.1, 0.15) is 25.0 Å². The van der Waals surface area contributed by atoms with Crippen LogP contribution in [0.3, 0.4) is 0 Å². The molecule has 0 saturated heterocycles. The van der Waals surface area contributed by atoms with Crippen molar-refractivity contribution in [3.63, 3.8) is 0 Å². The Morgan fingerprint density at radius 3 is 1.95 bits per heavy atom. The molecule has 2 aromatic carbocycles. The molecule has 0 heterocycles. The van der Waals surface area contributed by atoms with Crippen LogP contribution in [0.15, 0.2) is 48.5 Å². The van der Waals surface area contributed by atoms with Crippen LogP contribution in [0, 0.1) is 5.92 Å². The molecule has 0 aliphatic heterocycles. The highest BCUT2D eigenvalue weighted by molar-refractivity contribution is 5.67. The van der Waals surface area contributed by atoms with E-state index in [9.17, 15) is 0 Å². The van der Waals surface area contributed by atoms with Gasteiger partial charge in [-0.25, -0.2) is 5.84 Å². The molecule has 2 aromatic rings. The number of para-hydroxylation sites is 2. The van der Waals surface area contributed by atoms with Crippen molar-refractivity contribution < 1.29 is 0 Å². The summed E-state index contributed by atoms with van der Waals surface area (Å²) in [6.45, 7) is 4.91. The summed E-state index contributed by atoms with van der Waals surface area (Å²) >= 11 is 0. The van der Waals surface area contributed by atoms with Crippen LogP contribution in [0.5, 0.6) is 0 Å². The van der Waals surface area contributed by atoms with E-state index in [1.165, 1.54) is 5.56 Å². The van der Waals surface area contributed by atoms with Crippen LogP contribution >= 0.6 is 0 Å². The quantitative estimate of drug-likeness (QED) is 0.646. The highest BCUT2D eigenvalue weighted by Crippen LogP contribution is 2.29. The Kier molecular flexibility index (Phi) is 4.77. The molecule has 20 heavy (non-hydrogen) atoms. The van der Waals surface area contributed by atoms with Crippen molar-refractivity contribution in [1.29, 1.82) is 0 Å². The Labute approximate surface area is 121 Å². The van der Waals surface area contributed by atoms with Gasteiger partial charge >= 0.3 is 0 Å². The molecule has 4 N–H and O–H groups in total. The average molecular weight is 269 g/mol. The lowest BCUT2D eigenvalue weighted by atomic mass is 10.0. The summed E-state index contributed by atoms with van der Waals surface area (Å²) in [4.78, 5) is 0. The smallest absolute Gasteiger partial charge is 0.0620 e. The third kappa shape index (κ3) is 3.18. The van der Waals surface area contributed by atoms with Crippen molar-refractivity contribution in [3.8, 4) is 0 Å². The highest BCUT2D eigenvalue weighted by atomic mass is 15.4. The van der Waals surface area contributed by atoms with E-state index < -0.39 is 0 Å². The average Bonchev–Trinajstić information content (AvgIpc) is 2.46. The maximum Gasteiger partial charge on any atom is 0.0620 e. The Bertz CT molecular complexity index is 564. The molecule has 0 aliphatic carbocycles. The lowest BCUT2D eigenvalue weighted by Crippen LogP contribution is -2.27. The number of benzene rings is 2. The van der Waals surface area contributed by atoms with Crippen molar-refractivity contribution in [3.05, 3.63) is 59.7 Å². The lowest BCUT2D eigenvalue weighted by Gasteiger charge is -2.24.